The summed E-state index contributed by atoms with van der Waals surface area (Å²) in [5.41, 5.74) is -1.77. The highest BCUT2D eigenvalue weighted by atomic mass is 35.5. The molecule has 1 aromatic carbocycles. The molecule has 1 rings (SSSR count). The Morgan fingerprint density at radius 3 is 2.47 bits per heavy atom. The molecule has 7 heteroatoms. The highest BCUT2D eigenvalue weighted by Crippen LogP contribution is 2.40. The summed E-state index contributed by atoms with van der Waals surface area (Å²) >= 11 is 5.81. The van der Waals surface area contributed by atoms with Crippen LogP contribution >= 0.6 is 11.6 Å². The van der Waals surface area contributed by atoms with E-state index in [1.165, 1.54) is 6.92 Å². The molecule has 0 spiro atoms. The molecule has 0 aromatic heterocycles. The zero-order valence-electron chi connectivity index (χ0n) is 10.2. The molecular weight excluding hydrogens is 285 g/mol. The molecule has 106 valence electrons. The first-order chi connectivity index (χ1) is 8.73. The first-order valence-electron chi connectivity index (χ1n) is 5.40. The van der Waals surface area contributed by atoms with Gasteiger partial charge in [0, 0.05) is 5.56 Å². The van der Waals surface area contributed by atoms with Crippen molar-refractivity contribution in [2.24, 2.45) is 0 Å². The van der Waals surface area contributed by atoms with Crippen molar-refractivity contribution < 1.29 is 27.8 Å². The molecule has 0 aliphatic carbocycles. The molecule has 1 N–H and O–H groups in total. The van der Waals surface area contributed by atoms with Crippen molar-refractivity contribution in [1.82, 2.24) is 0 Å². The predicted octanol–water partition coefficient (Wildman–Crippen LogP) is 3.59. The summed E-state index contributed by atoms with van der Waals surface area (Å²) in [5.74, 6) is -0.858. The zero-order valence-corrected chi connectivity index (χ0v) is 11.0. The number of methoxy groups -OCH3 is 1. The second-order valence-corrected chi connectivity index (χ2v) is 4.18. The molecule has 1 aromatic rings. The molecule has 0 saturated carbocycles. The van der Waals surface area contributed by atoms with Gasteiger partial charge in [-0.3, -0.25) is 0 Å². The molecule has 0 radical (unpaired) electrons. The van der Waals surface area contributed by atoms with Gasteiger partial charge in [0.2, 0.25) is 0 Å². The molecule has 0 heterocycles. The third-order valence-corrected chi connectivity index (χ3v) is 3.02. The van der Waals surface area contributed by atoms with Gasteiger partial charge in [-0.1, -0.05) is 18.5 Å². The second kappa shape index (κ2) is 5.79. The van der Waals surface area contributed by atoms with Crippen LogP contribution in [0.1, 0.15) is 40.9 Å². The first kappa shape index (κ1) is 15.8. The van der Waals surface area contributed by atoms with Crippen molar-refractivity contribution in [2.45, 2.75) is 25.6 Å². The van der Waals surface area contributed by atoms with E-state index in [1.807, 2.05) is 0 Å². The molecule has 0 bridgehead atoms. The minimum atomic E-state index is -4.66. The van der Waals surface area contributed by atoms with Gasteiger partial charge >= 0.3 is 12.1 Å². The summed E-state index contributed by atoms with van der Waals surface area (Å²) in [6.07, 6.45) is -6.04. The Morgan fingerprint density at radius 1 is 1.47 bits per heavy atom. The van der Waals surface area contributed by atoms with E-state index in [-0.39, 0.29) is 12.0 Å². The predicted molar refractivity (Wildman–Crippen MR) is 63.0 cm³/mol. The standard InChI is InChI=1S/C12H12ClF3O3/c1-3-8(17)9-7(12(14,15)16)5-4-6(10(9)13)11(18)19-2/h4-5,8,17H,3H2,1-2H3. The monoisotopic (exact) mass is 296 g/mol. The molecular formula is C12H12ClF3O3. The number of hydrogen-bond donors (Lipinski definition) is 1. The lowest BCUT2D eigenvalue weighted by atomic mass is 9.97. The molecule has 3 nitrogen and oxygen atoms in total. The second-order valence-electron chi connectivity index (χ2n) is 3.80. The molecule has 1 unspecified atom stereocenters. The van der Waals surface area contributed by atoms with Gasteiger partial charge in [0.15, 0.2) is 0 Å². The van der Waals surface area contributed by atoms with Gasteiger partial charge < -0.3 is 9.84 Å². The van der Waals surface area contributed by atoms with E-state index >= 15 is 0 Å². The maximum Gasteiger partial charge on any atom is 0.416 e. The van der Waals surface area contributed by atoms with Gasteiger partial charge in [-0.2, -0.15) is 13.2 Å². The van der Waals surface area contributed by atoms with Crippen molar-refractivity contribution in [3.63, 3.8) is 0 Å². The number of carbonyl (C=O) groups excluding carboxylic acids is 1. The van der Waals surface area contributed by atoms with Crippen LogP contribution in [0.5, 0.6) is 0 Å². The van der Waals surface area contributed by atoms with Crippen molar-refractivity contribution in [3.8, 4) is 0 Å². The Kier molecular flexibility index (Phi) is 4.81. The van der Waals surface area contributed by atoms with Crippen molar-refractivity contribution in [2.75, 3.05) is 7.11 Å². The minimum absolute atomic E-state index is 0.0351. The Hall–Kier alpha value is -1.27. The highest BCUT2D eigenvalue weighted by molar-refractivity contribution is 6.34. The fraction of sp³-hybridized carbons (Fsp3) is 0.417. The van der Waals surface area contributed by atoms with Crippen molar-refractivity contribution in [3.05, 3.63) is 33.8 Å². The Bertz CT molecular complexity index is 486. The quantitative estimate of drug-likeness (QED) is 0.867. The maximum absolute atomic E-state index is 12.9. The van der Waals surface area contributed by atoms with E-state index in [2.05, 4.69) is 4.74 Å². The molecule has 0 saturated heterocycles. The van der Waals surface area contributed by atoms with Crippen LogP contribution in [0.25, 0.3) is 0 Å². The van der Waals surface area contributed by atoms with E-state index in [4.69, 9.17) is 11.6 Å². The number of halogens is 4. The molecule has 0 fully saturated rings. The highest BCUT2D eigenvalue weighted by Gasteiger charge is 2.37. The summed E-state index contributed by atoms with van der Waals surface area (Å²) in [4.78, 5) is 11.4. The minimum Gasteiger partial charge on any atom is -0.465 e. The van der Waals surface area contributed by atoms with Crippen LogP contribution in [0.3, 0.4) is 0 Å². The van der Waals surface area contributed by atoms with E-state index in [0.717, 1.165) is 13.2 Å². The number of rotatable bonds is 3. The van der Waals surface area contributed by atoms with E-state index in [1.54, 1.807) is 0 Å². The summed E-state index contributed by atoms with van der Waals surface area (Å²) in [6, 6.07) is 1.65. The number of carbonyl (C=O) groups is 1. The van der Waals surface area contributed by atoms with E-state index in [0.29, 0.717) is 6.07 Å². The topological polar surface area (TPSA) is 46.5 Å². The van der Waals surface area contributed by atoms with Crippen LogP contribution in [-0.4, -0.2) is 18.2 Å². The Labute approximate surface area is 112 Å². The van der Waals surface area contributed by atoms with Crippen molar-refractivity contribution in [1.29, 1.82) is 0 Å². The smallest absolute Gasteiger partial charge is 0.416 e. The average Bonchev–Trinajstić information content (AvgIpc) is 2.35. The number of ether oxygens (including phenoxy) is 1. The lowest BCUT2D eigenvalue weighted by molar-refractivity contribution is -0.139. The third kappa shape index (κ3) is 3.19. The largest absolute Gasteiger partial charge is 0.465 e. The fourth-order valence-corrected chi connectivity index (χ4v) is 2.01. The van der Waals surface area contributed by atoms with E-state index < -0.39 is 34.4 Å². The summed E-state index contributed by atoms with van der Waals surface area (Å²) in [5, 5.41) is 9.26. The Balaban J connectivity index is 3.54. The summed E-state index contributed by atoms with van der Waals surface area (Å²) in [6.45, 7) is 1.51. The van der Waals surface area contributed by atoms with Gasteiger partial charge in [0.25, 0.3) is 0 Å². The molecule has 0 aliphatic rings. The van der Waals surface area contributed by atoms with Gasteiger partial charge in [-0.05, 0) is 18.6 Å². The lowest BCUT2D eigenvalue weighted by Crippen LogP contribution is -2.15. The van der Waals surface area contributed by atoms with Gasteiger partial charge in [0.05, 0.1) is 29.4 Å². The average molecular weight is 297 g/mol. The molecule has 1 atom stereocenters. The molecule has 19 heavy (non-hydrogen) atoms. The van der Waals surface area contributed by atoms with Gasteiger partial charge in [-0.25, -0.2) is 4.79 Å². The maximum atomic E-state index is 12.9. The van der Waals surface area contributed by atoms with Gasteiger partial charge in [0.1, 0.15) is 0 Å². The van der Waals surface area contributed by atoms with E-state index in [9.17, 15) is 23.1 Å². The lowest BCUT2D eigenvalue weighted by Gasteiger charge is -2.19. The number of benzene rings is 1. The Morgan fingerprint density at radius 2 is 2.05 bits per heavy atom. The number of aliphatic hydroxyl groups excluding tert-OH is 1. The number of hydrogen-bond acceptors (Lipinski definition) is 3. The molecule has 0 amide bonds. The van der Waals surface area contributed by atoms with Crippen LogP contribution < -0.4 is 0 Å². The summed E-state index contributed by atoms with van der Waals surface area (Å²) < 4.78 is 43.0. The molecule has 0 aliphatic heterocycles. The van der Waals surface area contributed by atoms with Crippen LogP contribution in [0, 0.1) is 0 Å². The van der Waals surface area contributed by atoms with Crippen LogP contribution in [0.4, 0.5) is 13.2 Å². The normalized spacial score (nSPS) is 13.2. The SMILES string of the molecule is CCC(O)c1c(C(F)(F)F)ccc(C(=O)OC)c1Cl. The van der Waals surface area contributed by atoms with Crippen LogP contribution in [0.15, 0.2) is 12.1 Å². The van der Waals surface area contributed by atoms with Crippen LogP contribution in [0.2, 0.25) is 5.02 Å². The third-order valence-electron chi connectivity index (χ3n) is 2.61. The number of alkyl halides is 3. The summed E-state index contributed by atoms with van der Waals surface area (Å²) in [7, 11) is 1.09. The number of esters is 1. The number of aliphatic hydroxyl groups is 1. The van der Waals surface area contributed by atoms with Crippen molar-refractivity contribution >= 4 is 17.6 Å². The van der Waals surface area contributed by atoms with Gasteiger partial charge in [-0.15, -0.1) is 0 Å². The first-order valence-corrected chi connectivity index (χ1v) is 5.77. The zero-order chi connectivity index (χ0) is 14.8. The van der Waals surface area contributed by atoms with Crippen LogP contribution in [-0.2, 0) is 10.9 Å². The fourth-order valence-electron chi connectivity index (χ4n) is 1.64.